The van der Waals surface area contributed by atoms with Crippen molar-refractivity contribution < 1.29 is 59.1 Å². The molecule has 0 atom stereocenters. The number of nitrogens with one attached hydrogen (secondary N) is 2. The molecular weight excluding hydrogens is 1110 g/mol. The minimum absolute atomic E-state index is 0. The number of benzene rings is 4. The van der Waals surface area contributed by atoms with Crippen molar-refractivity contribution in [1.29, 1.82) is 0 Å². The van der Waals surface area contributed by atoms with Crippen LogP contribution < -0.4 is 0 Å². The van der Waals surface area contributed by atoms with Gasteiger partial charge in [-0.25, -0.2) is 49.1 Å². The number of aryl methyl sites for hydroxylation is 8. The van der Waals surface area contributed by atoms with E-state index in [1.165, 1.54) is 56.9 Å². The summed E-state index contributed by atoms with van der Waals surface area (Å²) in [5.74, 6) is -2.66. The Morgan fingerprint density at radius 2 is 0.543 bits per heavy atom. The van der Waals surface area contributed by atoms with Crippen molar-refractivity contribution in [2.75, 3.05) is 0 Å². The molecule has 0 radical (unpaired) electrons. The number of H-pyrrole nitrogens is 2. The summed E-state index contributed by atoms with van der Waals surface area (Å²) in [6.07, 6.45) is 4.48. The van der Waals surface area contributed by atoms with Crippen molar-refractivity contribution in [1.82, 2.24) is 49.8 Å². The van der Waals surface area contributed by atoms with E-state index in [0.29, 0.717) is 45.9 Å². The van der Waals surface area contributed by atoms with Gasteiger partial charge in [-0.15, -0.1) is 0 Å². The number of aromatic carboxylic acids is 4. The smallest absolute Gasteiger partial charge is 0.338 e. The van der Waals surface area contributed by atoms with E-state index >= 15 is 0 Å². The average Bonchev–Trinajstić information content (AvgIpc) is 4.29. The van der Waals surface area contributed by atoms with Crippen LogP contribution >= 0.6 is 0 Å². The Morgan fingerprint density at radius 3 is 0.741 bits per heavy atom. The molecule has 19 heteroatoms. The number of nitrogens with zero attached hydrogens (tertiary/aromatic N) is 8. The van der Waals surface area contributed by atoms with E-state index in [-0.39, 0.29) is 41.7 Å². The average molecular weight is 1180 g/mol. The Bertz CT molecular complexity index is 3520. The molecular formula is C62H68N10O8Ru. The summed E-state index contributed by atoms with van der Waals surface area (Å²) in [7, 11) is 0. The second-order valence-electron chi connectivity index (χ2n) is 17.6. The first kappa shape index (κ1) is 64.6. The minimum atomic E-state index is -1.29. The molecule has 0 saturated heterocycles. The van der Waals surface area contributed by atoms with Gasteiger partial charge in [-0.2, -0.15) is 0 Å². The quantitative estimate of drug-likeness (QED) is 0.0893. The molecule has 0 unspecified atom stereocenters. The third kappa shape index (κ3) is 13.7. The van der Waals surface area contributed by atoms with Crippen LogP contribution in [0.25, 0.3) is 89.7 Å². The van der Waals surface area contributed by atoms with Crippen molar-refractivity contribution in [2.24, 2.45) is 0 Å². The predicted octanol–water partition coefficient (Wildman–Crippen LogP) is 14.4. The zero-order valence-corrected chi connectivity index (χ0v) is 50.2. The fourth-order valence-electron chi connectivity index (χ4n) is 8.34. The molecule has 81 heavy (non-hydrogen) atoms. The van der Waals surface area contributed by atoms with Crippen LogP contribution in [-0.4, -0.2) is 94.1 Å². The molecule has 0 aliphatic carbocycles. The normalized spacial score (nSPS) is 10.3. The maximum Gasteiger partial charge on any atom is 0.338 e. The fraction of sp³-hybridized carbons (Fsp3) is 0.258. The number of pyridine rings is 2. The summed E-state index contributed by atoms with van der Waals surface area (Å²) in [6.45, 7) is 33.0. The van der Waals surface area contributed by atoms with Gasteiger partial charge in [0.05, 0.1) is 22.3 Å². The summed E-state index contributed by atoms with van der Waals surface area (Å²) in [5.41, 5.74) is 15.0. The zero-order chi connectivity index (χ0) is 59.4. The Labute approximate surface area is 483 Å². The van der Waals surface area contributed by atoms with Crippen LogP contribution in [-0.2, 0) is 19.5 Å². The van der Waals surface area contributed by atoms with E-state index in [2.05, 4.69) is 124 Å². The first-order valence-corrected chi connectivity index (χ1v) is 26.4. The van der Waals surface area contributed by atoms with Crippen LogP contribution in [0.3, 0.4) is 0 Å². The molecule has 7 heterocycles. The third-order valence-corrected chi connectivity index (χ3v) is 12.9. The molecule has 18 nitrogen and oxygen atoms in total. The van der Waals surface area contributed by atoms with Crippen molar-refractivity contribution in [3.63, 3.8) is 0 Å². The van der Waals surface area contributed by atoms with Crippen LogP contribution in [0.5, 0.6) is 0 Å². The molecule has 4 aromatic carbocycles. The first-order valence-electron chi connectivity index (χ1n) is 26.4. The second kappa shape index (κ2) is 28.3. The predicted molar refractivity (Wildman–Crippen MR) is 316 cm³/mol. The van der Waals surface area contributed by atoms with Gasteiger partial charge in [0.25, 0.3) is 0 Å². The largest absolute Gasteiger partial charge is 0.478 e. The van der Waals surface area contributed by atoms with E-state index < -0.39 is 23.9 Å². The van der Waals surface area contributed by atoms with Gasteiger partial charge < -0.3 is 30.4 Å². The van der Waals surface area contributed by atoms with Crippen LogP contribution in [0.4, 0.5) is 0 Å². The number of carbonyl (C=O) groups is 4. The number of aromatic nitrogens is 10. The summed E-state index contributed by atoms with van der Waals surface area (Å²) >= 11 is 0. The Balaban J connectivity index is 0.000000352. The Hall–Kier alpha value is -8.96. The molecule has 9 aromatic rings. The van der Waals surface area contributed by atoms with Gasteiger partial charge in [0, 0.05) is 88.1 Å². The number of aromatic amines is 2. The maximum atomic E-state index is 10.4. The molecule has 0 spiro atoms. The number of rotatable bonds is 4. The number of hydrogen-bond donors (Lipinski definition) is 6. The topological polar surface area (TPSA) is 284 Å². The summed E-state index contributed by atoms with van der Waals surface area (Å²) in [6, 6.07) is 19.7. The number of carboxylic acids is 4. The number of fused-ring (bicyclic) bond motifs is 20. The van der Waals surface area contributed by atoms with Gasteiger partial charge >= 0.3 is 23.9 Å². The molecule has 6 N–H and O–H groups in total. The van der Waals surface area contributed by atoms with Crippen LogP contribution in [0, 0.1) is 55.4 Å². The van der Waals surface area contributed by atoms with Crippen molar-refractivity contribution >= 4 is 68.0 Å². The molecule has 5 aromatic heterocycles. The summed E-state index contributed by atoms with van der Waals surface area (Å²) in [5, 5.41) is 38.0. The SMILES string of the molecule is CC.CC.CC.CC.Cc1cc2c(cc1C)-c1nc-2nc2[nH]c(nc3nc(nc4[nH]c(n1)c1cc(C)c(C)cc41)-c1cc(C)c(C)cc1-3)c1cc(C)c(C)cc21.O=C(O)c1ccncc1C(=O)O.O=C(O)c1ccncc1C(=O)O.[Ru]. The molecule has 0 saturated carbocycles. The zero-order valence-electron chi connectivity index (χ0n) is 48.4. The Kier molecular flexibility index (Phi) is 22.5. The van der Waals surface area contributed by atoms with Gasteiger partial charge in [0.2, 0.25) is 0 Å². The van der Waals surface area contributed by atoms with E-state index in [4.69, 9.17) is 50.3 Å². The molecule has 422 valence electrons. The minimum Gasteiger partial charge on any atom is -0.478 e. The second-order valence-corrected chi connectivity index (χ2v) is 17.6. The molecule has 11 rings (SSSR count). The molecule has 0 fully saturated rings. The Morgan fingerprint density at radius 1 is 0.333 bits per heavy atom. The standard InChI is InChI=1S/C40H34N8.2C7H5NO4.4C2H6.Ru/c1-17-9-25-26(10-18(17)2)34-41-33(25)45-35-27-11-19(3)20(4)12-28(27)37(42-35)47-39-31-15-23(7)24(8)16-32(31)40(44-39)48-38-30-14-22(6)21(5)13-29(30)36(43-38)46-34;2*9-6(10)4-1-2-8-3-5(4)7(11)12;4*1-2;/h9-16H,1-8H3,(H2,41,42,43,44,45,46,47,48);2*1-3H,(H,9,10)(H,11,12);4*1-2H3;. The number of hydrogen-bond acceptors (Lipinski definition) is 12. The van der Waals surface area contributed by atoms with E-state index in [1.54, 1.807) is 0 Å². The van der Waals surface area contributed by atoms with Gasteiger partial charge in [0.15, 0.2) is 23.3 Å². The van der Waals surface area contributed by atoms with E-state index in [9.17, 15) is 19.2 Å². The van der Waals surface area contributed by atoms with Gasteiger partial charge in [-0.3, -0.25) is 9.97 Å². The molecule has 2 aliphatic rings. The molecule has 2 aliphatic heterocycles. The van der Waals surface area contributed by atoms with E-state index in [1.807, 2.05) is 55.4 Å². The first-order chi connectivity index (χ1) is 38.3. The number of carboxylic acid groups (broad SMARTS) is 4. The van der Waals surface area contributed by atoms with Crippen molar-refractivity contribution in [3.8, 4) is 45.6 Å². The molecule has 8 bridgehead atoms. The van der Waals surface area contributed by atoms with Gasteiger partial charge in [-0.1, -0.05) is 55.4 Å². The summed E-state index contributed by atoms with van der Waals surface area (Å²) in [4.78, 5) is 86.9. The van der Waals surface area contributed by atoms with Gasteiger partial charge in [-0.05, 0) is 161 Å². The van der Waals surface area contributed by atoms with Crippen LogP contribution in [0.1, 0.15) is 141 Å². The monoisotopic (exact) mass is 1180 g/mol. The fourth-order valence-corrected chi connectivity index (χ4v) is 8.34. The summed E-state index contributed by atoms with van der Waals surface area (Å²) < 4.78 is 0. The van der Waals surface area contributed by atoms with Gasteiger partial charge in [0.1, 0.15) is 22.6 Å². The van der Waals surface area contributed by atoms with Crippen LogP contribution in [0.15, 0.2) is 85.5 Å². The molecule has 0 amide bonds. The maximum absolute atomic E-state index is 10.4. The van der Waals surface area contributed by atoms with Crippen molar-refractivity contribution in [3.05, 3.63) is 152 Å². The van der Waals surface area contributed by atoms with E-state index in [0.717, 1.165) is 68.3 Å². The van der Waals surface area contributed by atoms with Crippen molar-refractivity contribution in [2.45, 2.75) is 111 Å². The van der Waals surface area contributed by atoms with Crippen LogP contribution in [0.2, 0.25) is 0 Å². The third-order valence-electron chi connectivity index (χ3n) is 12.9.